The summed E-state index contributed by atoms with van der Waals surface area (Å²) in [5.74, 6) is 3.69. The van der Waals surface area contributed by atoms with Crippen LogP contribution in [0.2, 0.25) is 0 Å². The molecule has 1 saturated carbocycles. The second-order valence-electron chi connectivity index (χ2n) is 6.35. The highest BCUT2D eigenvalue weighted by atomic mass is 19.1. The average Bonchev–Trinajstić information content (AvgIpc) is 2.95. The van der Waals surface area contributed by atoms with Crippen molar-refractivity contribution in [1.29, 1.82) is 0 Å². The van der Waals surface area contributed by atoms with E-state index in [-0.39, 0.29) is 23.7 Å². The van der Waals surface area contributed by atoms with Crippen LogP contribution in [0.3, 0.4) is 0 Å². The van der Waals surface area contributed by atoms with Crippen LogP contribution in [-0.2, 0) is 9.53 Å². The number of carbonyl (C=O) groups excluding carboxylic acids is 1. The fraction of sp³-hybridized carbons (Fsp3) is 0.611. The van der Waals surface area contributed by atoms with E-state index in [1.807, 2.05) is 33.8 Å². The van der Waals surface area contributed by atoms with Gasteiger partial charge >= 0.3 is 5.97 Å². The molecule has 1 aliphatic rings. The lowest BCUT2D eigenvalue weighted by Crippen LogP contribution is -2.20. The molecule has 0 aromatic heterocycles. The van der Waals surface area contributed by atoms with Crippen LogP contribution in [0.15, 0.2) is 23.6 Å². The molecular weight excluding hydrogens is 286 g/mol. The van der Waals surface area contributed by atoms with Crippen molar-refractivity contribution < 1.29 is 18.3 Å². The first-order valence-electron chi connectivity index (χ1n) is 7.45. The van der Waals surface area contributed by atoms with Gasteiger partial charge in [0.2, 0.25) is 6.10 Å². The third-order valence-electron chi connectivity index (χ3n) is 3.89. The summed E-state index contributed by atoms with van der Waals surface area (Å²) in [6, 6.07) is 0. The summed E-state index contributed by atoms with van der Waals surface area (Å²) in [6.45, 7) is 8.79. The molecule has 0 N–H and O–H groups in total. The lowest BCUT2D eigenvalue weighted by molar-refractivity contribution is -0.148. The quantitative estimate of drug-likeness (QED) is 0.413. The molecule has 0 aliphatic heterocycles. The summed E-state index contributed by atoms with van der Waals surface area (Å²) in [5, 5.41) is 0. The Labute approximate surface area is 131 Å². The van der Waals surface area contributed by atoms with Crippen molar-refractivity contribution in [2.75, 3.05) is 6.67 Å². The highest BCUT2D eigenvalue weighted by Crippen LogP contribution is 2.59. The molecule has 0 amide bonds. The number of halogens is 2. The molecule has 0 radical (unpaired) electrons. The summed E-state index contributed by atoms with van der Waals surface area (Å²) in [7, 11) is 0. The van der Waals surface area contributed by atoms with Gasteiger partial charge in [0.25, 0.3) is 0 Å². The number of esters is 1. The molecule has 4 heteroatoms. The average molecular weight is 310 g/mol. The van der Waals surface area contributed by atoms with E-state index in [0.717, 1.165) is 11.6 Å². The van der Waals surface area contributed by atoms with Gasteiger partial charge in [0.05, 0.1) is 12.6 Å². The lowest BCUT2D eigenvalue weighted by Gasteiger charge is -2.11. The number of hydrogen-bond donors (Lipinski definition) is 0. The smallest absolute Gasteiger partial charge is 0.311 e. The molecule has 0 aromatic carbocycles. The zero-order valence-electron chi connectivity index (χ0n) is 13.9. The van der Waals surface area contributed by atoms with Crippen LogP contribution < -0.4 is 0 Å². The summed E-state index contributed by atoms with van der Waals surface area (Å²) < 4.78 is 31.2. The Bertz CT molecular complexity index is 531. The van der Waals surface area contributed by atoms with Gasteiger partial charge < -0.3 is 4.74 Å². The van der Waals surface area contributed by atoms with Gasteiger partial charge in [-0.1, -0.05) is 31.4 Å². The van der Waals surface area contributed by atoms with E-state index in [1.165, 1.54) is 6.92 Å². The third-order valence-corrected chi connectivity index (χ3v) is 3.89. The zero-order chi connectivity index (χ0) is 16.9. The second-order valence-corrected chi connectivity index (χ2v) is 6.35. The largest absolute Gasteiger partial charge is 0.441 e. The van der Waals surface area contributed by atoms with Gasteiger partial charge in [-0.05, 0) is 44.6 Å². The van der Waals surface area contributed by atoms with Crippen molar-refractivity contribution in [3.8, 4) is 11.8 Å². The first kappa shape index (κ1) is 18.4. The number of rotatable bonds is 6. The van der Waals surface area contributed by atoms with E-state index in [1.54, 1.807) is 0 Å². The summed E-state index contributed by atoms with van der Waals surface area (Å²) >= 11 is 0. The van der Waals surface area contributed by atoms with Crippen LogP contribution in [0.5, 0.6) is 0 Å². The van der Waals surface area contributed by atoms with Gasteiger partial charge in [0.15, 0.2) is 0 Å². The van der Waals surface area contributed by atoms with Crippen LogP contribution in [0, 0.1) is 29.1 Å². The predicted molar refractivity (Wildman–Crippen MR) is 83.3 cm³/mol. The molecule has 22 heavy (non-hydrogen) atoms. The summed E-state index contributed by atoms with van der Waals surface area (Å²) in [6.07, 6.45) is 1.82. The Hall–Kier alpha value is -1.63. The van der Waals surface area contributed by atoms with Crippen molar-refractivity contribution in [3.05, 3.63) is 23.6 Å². The highest BCUT2D eigenvalue weighted by molar-refractivity contribution is 5.79. The predicted octanol–water partition coefficient (Wildman–Crippen LogP) is 4.37. The number of carbonyl (C=O) groups is 1. The highest BCUT2D eigenvalue weighted by Gasteiger charge is 2.61. The van der Waals surface area contributed by atoms with Crippen LogP contribution >= 0.6 is 0 Å². The van der Waals surface area contributed by atoms with Crippen LogP contribution in [0.25, 0.3) is 0 Å². The van der Waals surface area contributed by atoms with Crippen molar-refractivity contribution in [2.45, 2.75) is 47.1 Å². The van der Waals surface area contributed by atoms with Gasteiger partial charge in [0, 0.05) is 0 Å². The molecular formula is C18H24F2O2. The molecule has 122 valence electrons. The Kier molecular flexibility index (Phi) is 6.34. The summed E-state index contributed by atoms with van der Waals surface area (Å²) in [4.78, 5) is 12.3. The topological polar surface area (TPSA) is 26.3 Å². The third kappa shape index (κ3) is 4.43. The maximum atomic E-state index is 13.9. The van der Waals surface area contributed by atoms with E-state index >= 15 is 0 Å². The van der Waals surface area contributed by atoms with Gasteiger partial charge in [-0.25, -0.2) is 4.39 Å². The monoisotopic (exact) mass is 310 g/mol. The van der Waals surface area contributed by atoms with E-state index in [0.29, 0.717) is 0 Å². The maximum absolute atomic E-state index is 13.9. The molecule has 3 atom stereocenters. The number of hydrogen-bond acceptors (Lipinski definition) is 2. The minimum Gasteiger partial charge on any atom is -0.441 e. The van der Waals surface area contributed by atoms with Gasteiger partial charge in [0.1, 0.15) is 5.83 Å². The summed E-state index contributed by atoms with van der Waals surface area (Å²) in [5.41, 5.74) is 0.935. The zero-order valence-corrected chi connectivity index (χ0v) is 13.9. The normalized spacial score (nSPS) is 23.9. The van der Waals surface area contributed by atoms with Gasteiger partial charge in [-0.2, -0.15) is 0 Å². The Morgan fingerprint density at radius 1 is 1.41 bits per heavy atom. The fourth-order valence-corrected chi connectivity index (χ4v) is 2.57. The van der Waals surface area contributed by atoms with Crippen molar-refractivity contribution >= 4 is 5.97 Å². The van der Waals surface area contributed by atoms with Gasteiger partial charge in [-0.3, -0.25) is 9.18 Å². The SMILES string of the molecule is CC#CC(OC(=O)C1C(C=C(C)C)C1(C)C)/C(F)=C/CCF. The molecule has 3 unspecified atom stereocenters. The van der Waals surface area contributed by atoms with Gasteiger partial charge in [-0.15, -0.1) is 5.92 Å². The Morgan fingerprint density at radius 3 is 2.55 bits per heavy atom. The van der Waals surface area contributed by atoms with Crippen LogP contribution in [-0.4, -0.2) is 18.7 Å². The molecule has 0 heterocycles. The molecule has 0 bridgehead atoms. The minimum atomic E-state index is -1.24. The first-order chi connectivity index (χ1) is 10.3. The standard InChI is InChI=1S/C18H24F2O2/c1-6-8-15(14(20)9-7-10-19)22-17(21)16-13(11-12(2)3)18(16,4)5/h9,11,13,15-16H,7,10H2,1-5H3/b14-9-. The Balaban J connectivity index is 2.81. The molecule has 1 fully saturated rings. The number of allylic oxidation sites excluding steroid dienone is 3. The minimum absolute atomic E-state index is 0.0550. The van der Waals surface area contributed by atoms with Crippen molar-refractivity contribution in [3.63, 3.8) is 0 Å². The van der Waals surface area contributed by atoms with E-state index in [9.17, 15) is 13.6 Å². The van der Waals surface area contributed by atoms with Crippen molar-refractivity contribution in [1.82, 2.24) is 0 Å². The first-order valence-corrected chi connectivity index (χ1v) is 7.45. The lowest BCUT2D eigenvalue weighted by atomic mass is 10.1. The molecule has 0 spiro atoms. The molecule has 1 rings (SSSR count). The van der Waals surface area contributed by atoms with Crippen LogP contribution in [0.4, 0.5) is 8.78 Å². The number of ether oxygens (including phenoxy) is 1. The maximum Gasteiger partial charge on any atom is 0.311 e. The van der Waals surface area contributed by atoms with E-state index in [4.69, 9.17) is 4.74 Å². The fourth-order valence-electron chi connectivity index (χ4n) is 2.57. The molecule has 1 aliphatic carbocycles. The number of alkyl halides is 1. The van der Waals surface area contributed by atoms with Crippen LogP contribution in [0.1, 0.15) is 41.0 Å². The molecule has 2 nitrogen and oxygen atoms in total. The Morgan fingerprint density at radius 2 is 2.05 bits per heavy atom. The second kappa shape index (κ2) is 7.58. The molecule has 0 saturated heterocycles. The van der Waals surface area contributed by atoms with E-state index < -0.39 is 24.6 Å². The molecule has 0 aromatic rings. The van der Waals surface area contributed by atoms with E-state index in [2.05, 4.69) is 11.8 Å². The van der Waals surface area contributed by atoms with Crippen molar-refractivity contribution in [2.24, 2.45) is 17.3 Å².